The average molecular weight is 582 g/mol. The molecule has 0 heterocycles. The minimum Gasteiger partial charge on any atom is -0.352 e. The molecule has 0 radical (unpaired) electrons. The van der Waals surface area contributed by atoms with Crippen LogP contribution in [0, 0.1) is 6.92 Å². The first-order valence-corrected chi connectivity index (χ1v) is 15.8. The lowest BCUT2D eigenvalue weighted by Crippen LogP contribution is -2.54. The molecule has 1 fully saturated rings. The molecule has 0 aliphatic heterocycles. The zero-order valence-corrected chi connectivity index (χ0v) is 24.5. The van der Waals surface area contributed by atoms with Crippen molar-refractivity contribution in [2.24, 2.45) is 0 Å². The minimum atomic E-state index is -3.84. The van der Waals surface area contributed by atoms with Crippen molar-refractivity contribution in [1.29, 1.82) is 0 Å². The highest BCUT2D eigenvalue weighted by Gasteiger charge is 2.34. The summed E-state index contributed by atoms with van der Waals surface area (Å²) in [6.07, 6.45) is 5.32. The third-order valence-corrected chi connectivity index (χ3v) is 8.64. The SMILES string of the molecule is Cc1cc(Cl)ccc1N(CC(=O)N(Cc1ccccc1)C(Cc1ccccc1)C(=O)NC1CCCC1)S(C)(=O)=O. The number of nitrogens with one attached hydrogen (secondary N) is 1. The Morgan fingerprint density at radius 1 is 0.950 bits per heavy atom. The van der Waals surface area contributed by atoms with Crippen molar-refractivity contribution in [2.75, 3.05) is 17.1 Å². The summed E-state index contributed by atoms with van der Waals surface area (Å²) in [6, 6.07) is 23.1. The fraction of sp³-hybridized carbons (Fsp3) is 0.355. The molecule has 0 bridgehead atoms. The molecular formula is C31H36ClN3O4S. The smallest absolute Gasteiger partial charge is 0.244 e. The Balaban J connectivity index is 1.72. The van der Waals surface area contributed by atoms with E-state index in [9.17, 15) is 18.0 Å². The van der Waals surface area contributed by atoms with E-state index in [4.69, 9.17) is 11.6 Å². The quantitative estimate of drug-likeness (QED) is 0.341. The summed E-state index contributed by atoms with van der Waals surface area (Å²) < 4.78 is 27.0. The molecule has 0 spiro atoms. The number of hydrogen-bond donors (Lipinski definition) is 1. The number of hydrogen-bond acceptors (Lipinski definition) is 4. The second-order valence-electron chi connectivity index (χ2n) is 10.4. The van der Waals surface area contributed by atoms with Crippen LogP contribution in [0.5, 0.6) is 0 Å². The third kappa shape index (κ3) is 7.86. The molecule has 0 saturated heterocycles. The Labute approximate surface area is 242 Å². The summed E-state index contributed by atoms with van der Waals surface area (Å²) >= 11 is 6.12. The number of rotatable bonds is 11. The van der Waals surface area contributed by atoms with Crippen LogP contribution in [-0.2, 0) is 32.6 Å². The van der Waals surface area contributed by atoms with Gasteiger partial charge >= 0.3 is 0 Å². The van der Waals surface area contributed by atoms with Gasteiger partial charge in [-0.1, -0.05) is 85.1 Å². The summed E-state index contributed by atoms with van der Waals surface area (Å²) in [5.41, 5.74) is 2.75. The van der Waals surface area contributed by atoms with Gasteiger partial charge in [0.2, 0.25) is 21.8 Å². The molecule has 3 aromatic rings. The topological polar surface area (TPSA) is 86.8 Å². The van der Waals surface area contributed by atoms with Crippen molar-refractivity contribution >= 4 is 39.1 Å². The number of nitrogens with zero attached hydrogens (tertiary/aromatic N) is 2. The summed E-state index contributed by atoms with van der Waals surface area (Å²) in [4.78, 5) is 29.5. The van der Waals surface area contributed by atoms with Crippen LogP contribution in [0.25, 0.3) is 0 Å². The molecule has 1 unspecified atom stereocenters. The first-order chi connectivity index (χ1) is 19.1. The lowest BCUT2D eigenvalue weighted by Gasteiger charge is -2.34. The van der Waals surface area contributed by atoms with E-state index in [-0.39, 0.29) is 18.5 Å². The number of aryl methyl sites for hydroxylation is 1. The van der Waals surface area contributed by atoms with Crippen LogP contribution in [-0.4, -0.2) is 50.0 Å². The highest BCUT2D eigenvalue weighted by Crippen LogP contribution is 2.26. The van der Waals surface area contributed by atoms with Crippen molar-refractivity contribution in [1.82, 2.24) is 10.2 Å². The maximum atomic E-state index is 14.1. The molecule has 0 aromatic heterocycles. The van der Waals surface area contributed by atoms with Crippen LogP contribution < -0.4 is 9.62 Å². The van der Waals surface area contributed by atoms with Crippen molar-refractivity contribution < 1.29 is 18.0 Å². The summed E-state index contributed by atoms with van der Waals surface area (Å²) in [7, 11) is -3.84. The van der Waals surface area contributed by atoms with Crippen molar-refractivity contribution in [3.8, 4) is 0 Å². The Morgan fingerprint density at radius 2 is 1.55 bits per heavy atom. The van der Waals surface area contributed by atoms with Gasteiger partial charge in [-0.05, 0) is 54.7 Å². The lowest BCUT2D eigenvalue weighted by atomic mass is 10.0. The van der Waals surface area contributed by atoms with Gasteiger partial charge in [0.15, 0.2) is 0 Å². The van der Waals surface area contributed by atoms with Crippen LogP contribution in [0.3, 0.4) is 0 Å². The molecule has 1 atom stereocenters. The van der Waals surface area contributed by atoms with Crippen molar-refractivity contribution in [3.63, 3.8) is 0 Å². The number of carbonyl (C=O) groups is 2. The van der Waals surface area contributed by atoms with E-state index in [1.807, 2.05) is 60.7 Å². The largest absolute Gasteiger partial charge is 0.352 e. The van der Waals surface area contributed by atoms with Gasteiger partial charge in [0.05, 0.1) is 11.9 Å². The van der Waals surface area contributed by atoms with Crippen LogP contribution in [0.2, 0.25) is 5.02 Å². The zero-order chi connectivity index (χ0) is 28.7. The van der Waals surface area contributed by atoms with Crippen molar-refractivity contribution in [2.45, 2.75) is 57.7 Å². The van der Waals surface area contributed by atoms with E-state index >= 15 is 0 Å². The van der Waals surface area contributed by atoms with Gasteiger partial charge in [-0.15, -0.1) is 0 Å². The van der Waals surface area contributed by atoms with Gasteiger partial charge in [0.1, 0.15) is 12.6 Å². The van der Waals surface area contributed by atoms with E-state index in [2.05, 4.69) is 5.32 Å². The lowest BCUT2D eigenvalue weighted by molar-refractivity contribution is -0.140. The molecule has 1 N–H and O–H groups in total. The molecule has 3 aromatic carbocycles. The maximum absolute atomic E-state index is 14.1. The first kappa shape index (κ1) is 29.6. The minimum absolute atomic E-state index is 0.0729. The van der Waals surface area contributed by atoms with E-state index in [0.29, 0.717) is 22.7 Å². The molecule has 1 saturated carbocycles. The molecule has 212 valence electrons. The number of amides is 2. The zero-order valence-electron chi connectivity index (χ0n) is 22.9. The van der Waals surface area contributed by atoms with Gasteiger partial charge < -0.3 is 10.2 Å². The molecular weight excluding hydrogens is 546 g/mol. The maximum Gasteiger partial charge on any atom is 0.244 e. The standard InChI is InChI=1S/C31H36ClN3O4S/c1-23-19-26(32)17-18-28(23)35(40(2,38)39)22-30(36)34(21-25-13-7-4-8-14-25)29(20-24-11-5-3-6-12-24)31(37)33-27-15-9-10-16-27/h3-8,11-14,17-19,27,29H,9-10,15-16,20-22H2,1-2H3,(H,33,37). The third-order valence-electron chi connectivity index (χ3n) is 7.28. The Kier molecular flexibility index (Phi) is 9.87. The van der Waals surface area contributed by atoms with Crippen LogP contribution in [0.1, 0.15) is 42.4 Å². The molecule has 1 aliphatic rings. The predicted octanol–water partition coefficient (Wildman–Crippen LogP) is 5.11. The van der Waals surface area contributed by atoms with E-state index in [1.54, 1.807) is 25.1 Å². The van der Waals surface area contributed by atoms with E-state index in [1.165, 1.54) is 4.90 Å². The van der Waals surface area contributed by atoms with Crippen LogP contribution in [0.4, 0.5) is 5.69 Å². The van der Waals surface area contributed by atoms with Crippen LogP contribution in [0.15, 0.2) is 78.9 Å². The van der Waals surface area contributed by atoms with Gasteiger partial charge in [0.25, 0.3) is 0 Å². The predicted molar refractivity (Wildman–Crippen MR) is 160 cm³/mol. The fourth-order valence-electron chi connectivity index (χ4n) is 5.20. The summed E-state index contributed by atoms with van der Waals surface area (Å²) in [5.74, 6) is -0.695. The van der Waals surface area contributed by atoms with Gasteiger partial charge in [0, 0.05) is 24.0 Å². The summed E-state index contributed by atoms with van der Waals surface area (Å²) in [5, 5.41) is 3.64. The monoisotopic (exact) mass is 581 g/mol. The number of carbonyl (C=O) groups excluding carboxylic acids is 2. The van der Waals surface area contributed by atoms with Crippen LogP contribution >= 0.6 is 11.6 Å². The van der Waals surface area contributed by atoms with E-state index in [0.717, 1.165) is 47.4 Å². The molecule has 2 amide bonds. The highest BCUT2D eigenvalue weighted by molar-refractivity contribution is 7.92. The van der Waals surface area contributed by atoms with Gasteiger partial charge in [-0.3, -0.25) is 13.9 Å². The Hall–Kier alpha value is -3.36. The first-order valence-electron chi connectivity index (χ1n) is 13.5. The highest BCUT2D eigenvalue weighted by atomic mass is 35.5. The normalized spacial score (nSPS) is 14.5. The average Bonchev–Trinajstić information content (AvgIpc) is 3.43. The molecule has 40 heavy (non-hydrogen) atoms. The molecule has 1 aliphatic carbocycles. The Bertz CT molecular complexity index is 1410. The second kappa shape index (κ2) is 13.3. The van der Waals surface area contributed by atoms with E-state index < -0.39 is 28.5 Å². The molecule has 7 nitrogen and oxygen atoms in total. The Morgan fingerprint density at radius 3 is 2.12 bits per heavy atom. The molecule has 9 heteroatoms. The number of halogens is 1. The van der Waals surface area contributed by atoms with Gasteiger partial charge in [-0.25, -0.2) is 8.42 Å². The second-order valence-corrected chi connectivity index (χ2v) is 12.7. The number of anilines is 1. The number of sulfonamides is 1. The molecule has 4 rings (SSSR count). The number of benzene rings is 3. The van der Waals surface area contributed by atoms with Crippen molar-refractivity contribution in [3.05, 3.63) is 101 Å². The van der Waals surface area contributed by atoms with Gasteiger partial charge in [-0.2, -0.15) is 0 Å². The summed E-state index contributed by atoms with van der Waals surface area (Å²) in [6.45, 7) is 1.46. The fourth-order valence-corrected chi connectivity index (χ4v) is 6.33.